The number of aromatic nitrogens is 2. The second-order valence-corrected chi connectivity index (χ2v) is 5.72. The van der Waals surface area contributed by atoms with Gasteiger partial charge in [-0.05, 0) is 45.0 Å². The fourth-order valence-corrected chi connectivity index (χ4v) is 2.33. The van der Waals surface area contributed by atoms with Crippen molar-refractivity contribution in [3.05, 3.63) is 45.7 Å². The fourth-order valence-electron chi connectivity index (χ4n) is 2.08. The molecule has 0 spiro atoms. The molecule has 0 saturated carbocycles. The van der Waals surface area contributed by atoms with Gasteiger partial charge in [-0.1, -0.05) is 23.2 Å². The van der Waals surface area contributed by atoms with Crippen LogP contribution in [0.15, 0.2) is 24.3 Å². The van der Waals surface area contributed by atoms with Gasteiger partial charge in [-0.25, -0.2) is 0 Å². The molecule has 0 aliphatic rings. The number of hydrogen-bond donors (Lipinski definition) is 0. The standard InChI is InChI=1S/C15H16Cl2N2O2/c1-9(19-11(3)15(17)10(2)18-19)8-14(20)21-13-6-4-12(16)5-7-13/h4-7,9H,8H2,1-3H3/t9-/m0/s1. The summed E-state index contributed by atoms with van der Waals surface area (Å²) in [5.41, 5.74) is 1.60. The Morgan fingerprint density at radius 3 is 2.43 bits per heavy atom. The molecule has 0 fully saturated rings. The van der Waals surface area contributed by atoms with Crippen molar-refractivity contribution in [2.24, 2.45) is 0 Å². The number of carbonyl (C=O) groups is 1. The fraction of sp³-hybridized carbons (Fsp3) is 0.333. The molecule has 0 radical (unpaired) electrons. The lowest BCUT2D eigenvalue weighted by molar-refractivity contribution is -0.135. The van der Waals surface area contributed by atoms with Gasteiger partial charge in [-0.2, -0.15) is 5.10 Å². The Balaban J connectivity index is 2.01. The van der Waals surface area contributed by atoms with Crippen LogP contribution >= 0.6 is 23.2 Å². The van der Waals surface area contributed by atoms with Crippen molar-refractivity contribution in [2.45, 2.75) is 33.2 Å². The monoisotopic (exact) mass is 326 g/mol. The second kappa shape index (κ2) is 6.50. The highest BCUT2D eigenvalue weighted by atomic mass is 35.5. The van der Waals surface area contributed by atoms with E-state index in [4.69, 9.17) is 27.9 Å². The Hall–Kier alpha value is -1.52. The van der Waals surface area contributed by atoms with Crippen molar-refractivity contribution >= 4 is 29.2 Å². The van der Waals surface area contributed by atoms with Crippen molar-refractivity contribution in [3.63, 3.8) is 0 Å². The van der Waals surface area contributed by atoms with Gasteiger partial charge in [0.2, 0.25) is 0 Å². The van der Waals surface area contributed by atoms with E-state index < -0.39 is 0 Å². The van der Waals surface area contributed by atoms with Gasteiger partial charge in [0, 0.05) is 5.02 Å². The van der Waals surface area contributed by atoms with Gasteiger partial charge in [0.25, 0.3) is 0 Å². The number of ether oxygens (including phenoxy) is 1. The first kappa shape index (κ1) is 15.9. The Labute approximate surface area is 133 Å². The first-order chi connectivity index (χ1) is 9.88. The topological polar surface area (TPSA) is 44.1 Å². The van der Waals surface area contributed by atoms with Gasteiger partial charge >= 0.3 is 5.97 Å². The molecule has 1 aromatic heterocycles. The van der Waals surface area contributed by atoms with Crippen LogP contribution in [0.3, 0.4) is 0 Å². The van der Waals surface area contributed by atoms with Crippen molar-refractivity contribution < 1.29 is 9.53 Å². The maximum absolute atomic E-state index is 12.0. The van der Waals surface area contributed by atoms with Crippen LogP contribution in [0.5, 0.6) is 5.75 Å². The van der Waals surface area contributed by atoms with Gasteiger partial charge in [0.05, 0.1) is 28.9 Å². The average molecular weight is 327 g/mol. The van der Waals surface area contributed by atoms with Gasteiger partial charge < -0.3 is 4.74 Å². The third-order valence-corrected chi connectivity index (χ3v) is 3.96. The van der Waals surface area contributed by atoms with E-state index in [1.54, 1.807) is 28.9 Å². The van der Waals surface area contributed by atoms with Crippen LogP contribution < -0.4 is 4.74 Å². The summed E-state index contributed by atoms with van der Waals surface area (Å²) in [6.07, 6.45) is 0.209. The third-order valence-electron chi connectivity index (χ3n) is 3.16. The Bertz CT molecular complexity index is 650. The van der Waals surface area contributed by atoms with Crippen LogP contribution in [-0.2, 0) is 4.79 Å². The SMILES string of the molecule is Cc1nn([C@@H](C)CC(=O)Oc2ccc(Cl)cc2)c(C)c1Cl. The number of carbonyl (C=O) groups excluding carboxylic acids is 1. The molecule has 21 heavy (non-hydrogen) atoms. The Morgan fingerprint density at radius 1 is 1.29 bits per heavy atom. The predicted octanol–water partition coefficient (Wildman–Crippen LogP) is 4.36. The van der Waals surface area contributed by atoms with E-state index in [0.717, 1.165) is 11.4 Å². The summed E-state index contributed by atoms with van der Waals surface area (Å²) >= 11 is 11.9. The molecule has 0 amide bonds. The van der Waals surface area contributed by atoms with Crippen molar-refractivity contribution in [2.75, 3.05) is 0 Å². The largest absolute Gasteiger partial charge is 0.426 e. The number of benzene rings is 1. The molecule has 112 valence electrons. The quantitative estimate of drug-likeness (QED) is 0.619. The Kier molecular flexibility index (Phi) is 4.91. The maximum atomic E-state index is 12.0. The second-order valence-electron chi connectivity index (χ2n) is 4.91. The molecule has 0 bridgehead atoms. The number of halogens is 2. The lowest BCUT2D eigenvalue weighted by Gasteiger charge is -2.13. The molecule has 4 nitrogen and oxygen atoms in total. The zero-order valence-electron chi connectivity index (χ0n) is 12.1. The van der Waals surface area contributed by atoms with E-state index in [-0.39, 0.29) is 18.4 Å². The van der Waals surface area contributed by atoms with E-state index >= 15 is 0 Å². The van der Waals surface area contributed by atoms with Crippen LogP contribution in [0.25, 0.3) is 0 Å². The number of rotatable bonds is 4. The average Bonchev–Trinajstić information content (AvgIpc) is 2.69. The zero-order chi connectivity index (χ0) is 15.6. The van der Waals surface area contributed by atoms with Gasteiger partial charge in [-0.15, -0.1) is 0 Å². The van der Waals surface area contributed by atoms with E-state index in [1.165, 1.54) is 0 Å². The number of hydrogen-bond acceptors (Lipinski definition) is 3. The van der Waals surface area contributed by atoms with Crippen LogP contribution in [0.1, 0.15) is 30.8 Å². The molecule has 0 aliphatic heterocycles. The minimum absolute atomic E-state index is 0.129. The lowest BCUT2D eigenvalue weighted by atomic mass is 10.2. The summed E-state index contributed by atoms with van der Waals surface area (Å²) in [6, 6.07) is 6.54. The van der Waals surface area contributed by atoms with Crippen LogP contribution in [0.2, 0.25) is 10.0 Å². The first-order valence-corrected chi connectivity index (χ1v) is 7.31. The highest BCUT2D eigenvalue weighted by Crippen LogP contribution is 2.24. The Morgan fingerprint density at radius 2 is 1.90 bits per heavy atom. The minimum atomic E-state index is -0.325. The van der Waals surface area contributed by atoms with Gasteiger partial charge in [0.1, 0.15) is 5.75 Å². The summed E-state index contributed by atoms with van der Waals surface area (Å²) < 4.78 is 7.02. The highest BCUT2D eigenvalue weighted by molar-refractivity contribution is 6.31. The van der Waals surface area contributed by atoms with E-state index in [9.17, 15) is 4.79 Å². The smallest absolute Gasteiger partial charge is 0.313 e. The van der Waals surface area contributed by atoms with E-state index in [1.807, 2.05) is 20.8 Å². The summed E-state index contributed by atoms with van der Waals surface area (Å²) in [6.45, 7) is 5.62. The molecular formula is C15H16Cl2N2O2. The molecule has 0 unspecified atom stereocenters. The van der Waals surface area contributed by atoms with Crippen LogP contribution in [-0.4, -0.2) is 15.7 Å². The molecule has 6 heteroatoms. The number of aryl methyl sites for hydroxylation is 1. The number of nitrogens with zero attached hydrogens (tertiary/aromatic N) is 2. The zero-order valence-corrected chi connectivity index (χ0v) is 13.6. The lowest BCUT2D eigenvalue weighted by Crippen LogP contribution is -2.17. The first-order valence-electron chi connectivity index (χ1n) is 6.56. The molecular weight excluding hydrogens is 311 g/mol. The van der Waals surface area contributed by atoms with E-state index in [2.05, 4.69) is 5.10 Å². The molecule has 2 rings (SSSR count). The summed E-state index contributed by atoms with van der Waals surface area (Å²) in [5.74, 6) is 0.150. The minimum Gasteiger partial charge on any atom is -0.426 e. The predicted molar refractivity (Wildman–Crippen MR) is 83.1 cm³/mol. The molecule has 0 aliphatic carbocycles. The van der Waals surface area contributed by atoms with Crippen molar-refractivity contribution in [1.82, 2.24) is 9.78 Å². The molecule has 0 saturated heterocycles. The summed E-state index contributed by atoms with van der Waals surface area (Å²) in [5, 5.41) is 5.57. The summed E-state index contributed by atoms with van der Waals surface area (Å²) in [7, 11) is 0. The van der Waals surface area contributed by atoms with Crippen LogP contribution in [0.4, 0.5) is 0 Å². The molecule has 2 aromatic rings. The summed E-state index contributed by atoms with van der Waals surface area (Å²) in [4.78, 5) is 12.0. The normalized spacial score (nSPS) is 12.2. The van der Waals surface area contributed by atoms with Crippen molar-refractivity contribution in [3.8, 4) is 5.75 Å². The molecule has 1 aromatic carbocycles. The third kappa shape index (κ3) is 3.77. The highest BCUT2D eigenvalue weighted by Gasteiger charge is 2.18. The molecule has 1 heterocycles. The van der Waals surface area contributed by atoms with Crippen molar-refractivity contribution in [1.29, 1.82) is 0 Å². The van der Waals surface area contributed by atoms with Gasteiger partial charge in [0.15, 0.2) is 0 Å². The maximum Gasteiger partial charge on any atom is 0.313 e. The van der Waals surface area contributed by atoms with Crippen LogP contribution in [0, 0.1) is 13.8 Å². The van der Waals surface area contributed by atoms with E-state index in [0.29, 0.717) is 15.8 Å². The molecule has 0 N–H and O–H groups in total. The number of esters is 1. The molecule has 1 atom stereocenters. The van der Waals surface area contributed by atoms with Gasteiger partial charge in [-0.3, -0.25) is 9.48 Å².